The van der Waals surface area contributed by atoms with Gasteiger partial charge in [0.15, 0.2) is 0 Å². The molecule has 1 aromatic heterocycles. The maximum atomic E-state index is 5.66. The molecule has 112 valence electrons. The van der Waals surface area contributed by atoms with Gasteiger partial charge in [0.2, 0.25) is 11.8 Å². The highest BCUT2D eigenvalue weighted by Gasteiger charge is 2.26. The third-order valence-corrected chi connectivity index (χ3v) is 3.92. The number of aromatic nitrogens is 2. The van der Waals surface area contributed by atoms with Crippen LogP contribution in [0.25, 0.3) is 0 Å². The Kier molecular flexibility index (Phi) is 4.84. The van der Waals surface area contributed by atoms with Gasteiger partial charge in [-0.1, -0.05) is 26.2 Å². The Morgan fingerprint density at radius 2 is 1.95 bits per heavy atom. The van der Waals surface area contributed by atoms with E-state index < -0.39 is 0 Å². The highest BCUT2D eigenvalue weighted by atomic mass is 16.5. The number of aryl methyl sites for hydroxylation is 1. The van der Waals surface area contributed by atoms with Crippen LogP contribution in [0.3, 0.4) is 0 Å². The number of rotatable bonds is 5. The zero-order valence-corrected chi connectivity index (χ0v) is 13.2. The summed E-state index contributed by atoms with van der Waals surface area (Å²) in [6, 6.07) is 1.88. The van der Waals surface area contributed by atoms with Crippen molar-refractivity contribution in [2.24, 2.45) is 5.41 Å². The normalized spacial score (nSPS) is 18.1. The van der Waals surface area contributed by atoms with Crippen molar-refractivity contribution < 1.29 is 4.74 Å². The fraction of sp³-hybridized carbons (Fsp3) is 0.750. The highest BCUT2D eigenvalue weighted by molar-refractivity contribution is 5.31. The Morgan fingerprint density at radius 1 is 1.25 bits per heavy atom. The van der Waals surface area contributed by atoms with Gasteiger partial charge in [-0.2, -0.15) is 4.98 Å². The van der Waals surface area contributed by atoms with E-state index in [1.807, 2.05) is 26.8 Å². The third kappa shape index (κ3) is 4.36. The van der Waals surface area contributed by atoms with Gasteiger partial charge in [0.1, 0.15) is 0 Å². The average Bonchev–Trinajstić information content (AvgIpc) is 2.36. The molecule has 0 atom stereocenters. The monoisotopic (exact) mass is 277 g/mol. The van der Waals surface area contributed by atoms with Crippen LogP contribution in [0.15, 0.2) is 6.07 Å². The Hall–Kier alpha value is -1.32. The number of nitrogens with zero attached hydrogens (tertiary/aromatic N) is 2. The Balaban J connectivity index is 1.99. The molecule has 0 radical (unpaired) electrons. The standard InChI is InChI=1S/C16H27N3O/c1-12(2)20-14-10-13(3)18-15(19-14)17-11-16(4)8-6-5-7-9-16/h10,12H,5-9,11H2,1-4H3,(H,17,18,19). The van der Waals surface area contributed by atoms with Crippen LogP contribution in [0.1, 0.15) is 58.6 Å². The van der Waals surface area contributed by atoms with Crippen LogP contribution in [0.5, 0.6) is 5.88 Å². The second kappa shape index (κ2) is 6.42. The van der Waals surface area contributed by atoms with Gasteiger partial charge in [-0.25, -0.2) is 4.98 Å². The molecule has 0 bridgehead atoms. The first kappa shape index (κ1) is 15.1. The number of anilines is 1. The quantitative estimate of drug-likeness (QED) is 0.885. The molecule has 2 rings (SSSR count). The van der Waals surface area contributed by atoms with Crippen molar-refractivity contribution >= 4 is 5.95 Å². The lowest BCUT2D eigenvalue weighted by atomic mass is 9.76. The van der Waals surface area contributed by atoms with Crippen LogP contribution < -0.4 is 10.1 Å². The van der Waals surface area contributed by atoms with Gasteiger partial charge in [-0.05, 0) is 39.0 Å². The summed E-state index contributed by atoms with van der Waals surface area (Å²) >= 11 is 0. The van der Waals surface area contributed by atoms with E-state index >= 15 is 0 Å². The second-order valence-corrected chi connectivity index (χ2v) is 6.56. The van der Waals surface area contributed by atoms with E-state index in [1.165, 1.54) is 32.1 Å². The summed E-state index contributed by atoms with van der Waals surface area (Å²) in [4.78, 5) is 8.90. The van der Waals surface area contributed by atoms with E-state index in [1.54, 1.807) is 0 Å². The van der Waals surface area contributed by atoms with Crippen LogP contribution >= 0.6 is 0 Å². The van der Waals surface area contributed by atoms with E-state index in [4.69, 9.17) is 4.74 Å². The van der Waals surface area contributed by atoms with E-state index in [2.05, 4.69) is 22.2 Å². The lowest BCUT2D eigenvalue weighted by Gasteiger charge is -2.33. The van der Waals surface area contributed by atoms with Gasteiger partial charge in [-0.3, -0.25) is 0 Å². The molecular weight excluding hydrogens is 250 g/mol. The van der Waals surface area contributed by atoms with Crippen molar-refractivity contribution in [1.82, 2.24) is 9.97 Å². The van der Waals surface area contributed by atoms with Crippen molar-refractivity contribution in [3.05, 3.63) is 11.8 Å². The topological polar surface area (TPSA) is 47.0 Å². The summed E-state index contributed by atoms with van der Waals surface area (Å²) in [6.45, 7) is 9.29. The average molecular weight is 277 g/mol. The minimum absolute atomic E-state index is 0.132. The van der Waals surface area contributed by atoms with E-state index in [0.29, 0.717) is 17.2 Å². The van der Waals surface area contributed by atoms with Crippen molar-refractivity contribution in [2.45, 2.75) is 65.9 Å². The molecule has 4 heteroatoms. The van der Waals surface area contributed by atoms with E-state index in [9.17, 15) is 0 Å². The van der Waals surface area contributed by atoms with Crippen molar-refractivity contribution in [3.8, 4) is 5.88 Å². The summed E-state index contributed by atoms with van der Waals surface area (Å²) in [7, 11) is 0. The van der Waals surface area contributed by atoms with Crippen LogP contribution in [-0.2, 0) is 0 Å². The van der Waals surface area contributed by atoms with Gasteiger partial charge < -0.3 is 10.1 Å². The Bertz CT molecular complexity index is 439. The van der Waals surface area contributed by atoms with Crippen molar-refractivity contribution in [2.75, 3.05) is 11.9 Å². The highest BCUT2D eigenvalue weighted by Crippen LogP contribution is 2.35. The molecule has 1 aliphatic rings. The molecule has 1 saturated carbocycles. The van der Waals surface area contributed by atoms with Crippen LogP contribution in [-0.4, -0.2) is 22.6 Å². The first-order chi connectivity index (χ1) is 9.47. The number of hydrogen-bond donors (Lipinski definition) is 1. The molecule has 20 heavy (non-hydrogen) atoms. The van der Waals surface area contributed by atoms with E-state index in [-0.39, 0.29) is 6.10 Å². The van der Waals surface area contributed by atoms with Crippen molar-refractivity contribution in [1.29, 1.82) is 0 Å². The zero-order chi connectivity index (χ0) is 14.6. The smallest absolute Gasteiger partial charge is 0.226 e. The summed E-state index contributed by atoms with van der Waals surface area (Å²) in [5.74, 6) is 1.34. The molecule has 0 unspecified atom stereocenters. The first-order valence-electron chi connectivity index (χ1n) is 7.73. The first-order valence-corrected chi connectivity index (χ1v) is 7.73. The molecule has 1 aliphatic carbocycles. The van der Waals surface area contributed by atoms with Crippen LogP contribution in [0.2, 0.25) is 0 Å². The molecule has 1 aromatic rings. The van der Waals surface area contributed by atoms with Crippen LogP contribution in [0, 0.1) is 12.3 Å². The second-order valence-electron chi connectivity index (χ2n) is 6.56. The molecule has 0 saturated heterocycles. The molecular formula is C16H27N3O. The summed E-state index contributed by atoms with van der Waals surface area (Å²) in [5, 5.41) is 3.41. The van der Waals surface area contributed by atoms with Crippen molar-refractivity contribution in [3.63, 3.8) is 0 Å². The lowest BCUT2D eigenvalue weighted by Crippen LogP contribution is -2.29. The minimum atomic E-state index is 0.132. The summed E-state index contributed by atoms with van der Waals surface area (Å²) in [5.41, 5.74) is 1.32. The maximum absolute atomic E-state index is 5.66. The summed E-state index contributed by atoms with van der Waals surface area (Å²) < 4.78 is 5.66. The molecule has 0 aromatic carbocycles. The predicted octanol–water partition coefficient (Wildman–Crippen LogP) is 3.95. The minimum Gasteiger partial charge on any atom is -0.475 e. The fourth-order valence-electron chi connectivity index (χ4n) is 2.80. The fourth-order valence-corrected chi connectivity index (χ4v) is 2.80. The maximum Gasteiger partial charge on any atom is 0.226 e. The Morgan fingerprint density at radius 3 is 2.60 bits per heavy atom. The van der Waals surface area contributed by atoms with Gasteiger partial charge >= 0.3 is 0 Å². The Labute approximate surface area is 122 Å². The van der Waals surface area contributed by atoms with Gasteiger partial charge in [0, 0.05) is 18.3 Å². The number of hydrogen-bond acceptors (Lipinski definition) is 4. The van der Waals surface area contributed by atoms with Gasteiger partial charge in [0.05, 0.1) is 6.10 Å². The molecule has 0 aliphatic heterocycles. The SMILES string of the molecule is Cc1cc(OC(C)C)nc(NCC2(C)CCCCC2)n1. The predicted molar refractivity (Wildman–Crippen MR) is 82.2 cm³/mol. The molecule has 0 amide bonds. The number of nitrogens with one attached hydrogen (secondary N) is 1. The summed E-state index contributed by atoms with van der Waals surface area (Å²) in [6.07, 6.45) is 6.78. The lowest BCUT2D eigenvalue weighted by molar-refractivity contribution is 0.229. The molecule has 0 spiro atoms. The van der Waals surface area contributed by atoms with Gasteiger partial charge in [0.25, 0.3) is 0 Å². The zero-order valence-electron chi connectivity index (χ0n) is 13.2. The third-order valence-electron chi connectivity index (χ3n) is 3.92. The molecule has 1 fully saturated rings. The molecule has 1 heterocycles. The van der Waals surface area contributed by atoms with Gasteiger partial charge in [-0.15, -0.1) is 0 Å². The molecule has 1 N–H and O–H groups in total. The largest absolute Gasteiger partial charge is 0.475 e. The van der Waals surface area contributed by atoms with E-state index in [0.717, 1.165) is 12.2 Å². The number of ether oxygens (including phenoxy) is 1. The van der Waals surface area contributed by atoms with Crippen LogP contribution in [0.4, 0.5) is 5.95 Å². The molecule has 4 nitrogen and oxygen atoms in total.